The van der Waals surface area contributed by atoms with Gasteiger partial charge in [-0.15, -0.1) is 0 Å². The maximum Gasteiger partial charge on any atom is 0.229 e. The van der Waals surface area contributed by atoms with E-state index >= 15 is 0 Å². The first kappa shape index (κ1) is 17.4. The Bertz CT molecular complexity index is 884. The van der Waals surface area contributed by atoms with Gasteiger partial charge in [-0.25, -0.2) is 4.68 Å². The van der Waals surface area contributed by atoms with Gasteiger partial charge in [-0.05, 0) is 48.2 Å². The number of hydrogen-bond donors (Lipinski definition) is 1. The van der Waals surface area contributed by atoms with Crippen LogP contribution in [0.2, 0.25) is 0 Å². The molecule has 0 spiro atoms. The fraction of sp³-hybridized carbons (Fsp3) is 0.200. The van der Waals surface area contributed by atoms with Crippen molar-refractivity contribution in [1.82, 2.24) is 9.78 Å². The molecule has 3 rings (SSSR count). The zero-order valence-corrected chi connectivity index (χ0v) is 15.9. The molecule has 0 saturated carbocycles. The lowest BCUT2D eigenvalue weighted by molar-refractivity contribution is -0.115. The first-order valence-corrected chi connectivity index (χ1v) is 8.93. The second-order valence-corrected chi connectivity index (χ2v) is 7.06. The molecule has 0 atom stereocenters. The van der Waals surface area contributed by atoms with Gasteiger partial charge in [0.1, 0.15) is 5.82 Å². The van der Waals surface area contributed by atoms with E-state index in [-0.39, 0.29) is 5.91 Å². The number of anilines is 1. The van der Waals surface area contributed by atoms with Crippen LogP contribution in [-0.2, 0) is 17.8 Å². The van der Waals surface area contributed by atoms with Crippen molar-refractivity contribution in [3.05, 3.63) is 81.5 Å². The third kappa shape index (κ3) is 4.57. The SMILES string of the molecule is Cc1ccc(CC(=O)Nc2ccnn2Cc2ccc(Br)cc2)cc1C. The van der Waals surface area contributed by atoms with E-state index in [0.29, 0.717) is 18.8 Å². The summed E-state index contributed by atoms with van der Waals surface area (Å²) >= 11 is 3.43. The summed E-state index contributed by atoms with van der Waals surface area (Å²) in [4.78, 5) is 12.4. The van der Waals surface area contributed by atoms with E-state index in [9.17, 15) is 4.79 Å². The van der Waals surface area contributed by atoms with Crippen molar-refractivity contribution in [1.29, 1.82) is 0 Å². The van der Waals surface area contributed by atoms with Crippen LogP contribution in [0.5, 0.6) is 0 Å². The lowest BCUT2D eigenvalue weighted by atomic mass is 10.0. The molecule has 0 bridgehead atoms. The molecule has 1 amide bonds. The van der Waals surface area contributed by atoms with Crippen LogP contribution in [0.4, 0.5) is 5.82 Å². The topological polar surface area (TPSA) is 46.9 Å². The highest BCUT2D eigenvalue weighted by Gasteiger charge is 2.09. The highest BCUT2D eigenvalue weighted by Crippen LogP contribution is 2.15. The Morgan fingerprint density at radius 3 is 2.48 bits per heavy atom. The van der Waals surface area contributed by atoms with Gasteiger partial charge in [0.2, 0.25) is 5.91 Å². The molecular weight excluding hydrogens is 378 g/mol. The number of aromatic nitrogens is 2. The van der Waals surface area contributed by atoms with Gasteiger partial charge in [0.15, 0.2) is 0 Å². The monoisotopic (exact) mass is 397 g/mol. The van der Waals surface area contributed by atoms with Gasteiger partial charge >= 0.3 is 0 Å². The van der Waals surface area contributed by atoms with Gasteiger partial charge in [-0.3, -0.25) is 4.79 Å². The van der Waals surface area contributed by atoms with E-state index in [4.69, 9.17) is 0 Å². The molecule has 25 heavy (non-hydrogen) atoms. The largest absolute Gasteiger partial charge is 0.311 e. The molecule has 1 heterocycles. The van der Waals surface area contributed by atoms with Crippen LogP contribution in [0.3, 0.4) is 0 Å². The zero-order chi connectivity index (χ0) is 17.8. The number of aryl methyl sites for hydroxylation is 2. The number of nitrogens with one attached hydrogen (secondary N) is 1. The summed E-state index contributed by atoms with van der Waals surface area (Å²) in [6.45, 7) is 4.74. The maximum atomic E-state index is 12.4. The molecule has 0 aliphatic rings. The molecule has 0 aliphatic carbocycles. The molecule has 4 nitrogen and oxygen atoms in total. The van der Waals surface area contributed by atoms with Gasteiger partial charge in [0.05, 0.1) is 19.2 Å². The maximum absolute atomic E-state index is 12.4. The number of nitrogens with zero attached hydrogens (tertiary/aromatic N) is 2. The number of benzene rings is 2. The van der Waals surface area contributed by atoms with Crippen LogP contribution in [-0.4, -0.2) is 15.7 Å². The van der Waals surface area contributed by atoms with E-state index in [2.05, 4.69) is 52.3 Å². The number of halogens is 1. The van der Waals surface area contributed by atoms with Crippen molar-refractivity contribution in [2.45, 2.75) is 26.8 Å². The molecule has 0 aliphatic heterocycles. The molecule has 128 valence electrons. The summed E-state index contributed by atoms with van der Waals surface area (Å²) in [5, 5.41) is 7.27. The molecule has 0 unspecified atom stereocenters. The minimum atomic E-state index is -0.0409. The first-order chi connectivity index (χ1) is 12.0. The summed E-state index contributed by atoms with van der Waals surface area (Å²) in [6, 6.07) is 16.0. The van der Waals surface area contributed by atoms with Crippen molar-refractivity contribution >= 4 is 27.7 Å². The van der Waals surface area contributed by atoms with E-state index in [0.717, 1.165) is 15.6 Å². The van der Waals surface area contributed by atoms with Crippen molar-refractivity contribution in [2.75, 3.05) is 5.32 Å². The molecule has 5 heteroatoms. The Morgan fingerprint density at radius 1 is 1.04 bits per heavy atom. The number of carbonyl (C=O) groups is 1. The van der Waals surface area contributed by atoms with Gasteiger partial charge in [0.25, 0.3) is 0 Å². The summed E-state index contributed by atoms with van der Waals surface area (Å²) in [5.74, 6) is 0.664. The Balaban J connectivity index is 1.66. The van der Waals surface area contributed by atoms with Crippen LogP contribution < -0.4 is 5.32 Å². The number of rotatable bonds is 5. The molecule has 0 fully saturated rings. The van der Waals surface area contributed by atoms with Crippen LogP contribution in [0.25, 0.3) is 0 Å². The summed E-state index contributed by atoms with van der Waals surface area (Å²) < 4.78 is 2.83. The molecule has 1 aromatic heterocycles. The average Bonchev–Trinajstić information content (AvgIpc) is 3.00. The summed E-state index contributed by atoms with van der Waals surface area (Å²) in [7, 11) is 0. The van der Waals surface area contributed by atoms with E-state index in [1.807, 2.05) is 36.4 Å². The highest BCUT2D eigenvalue weighted by atomic mass is 79.9. The lowest BCUT2D eigenvalue weighted by Gasteiger charge is -2.10. The van der Waals surface area contributed by atoms with E-state index in [1.54, 1.807) is 10.9 Å². The minimum absolute atomic E-state index is 0.0409. The van der Waals surface area contributed by atoms with E-state index < -0.39 is 0 Å². The lowest BCUT2D eigenvalue weighted by Crippen LogP contribution is -2.18. The van der Waals surface area contributed by atoms with Gasteiger partial charge in [-0.1, -0.05) is 46.3 Å². The van der Waals surface area contributed by atoms with Crippen LogP contribution in [0.15, 0.2) is 59.2 Å². The Kier molecular flexibility index (Phi) is 5.34. The number of hydrogen-bond acceptors (Lipinski definition) is 2. The predicted octanol–water partition coefficient (Wildman–Crippen LogP) is 4.49. The quantitative estimate of drug-likeness (QED) is 0.688. The molecule has 3 aromatic rings. The summed E-state index contributed by atoms with van der Waals surface area (Å²) in [6.07, 6.45) is 2.05. The van der Waals surface area contributed by atoms with Crippen molar-refractivity contribution in [2.24, 2.45) is 0 Å². The minimum Gasteiger partial charge on any atom is -0.311 e. The van der Waals surface area contributed by atoms with Gasteiger partial charge < -0.3 is 5.32 Å². The van der Waals surface area contributed by atoms with E-state index in [1.165, 1.54) is 11.1 Å². The van der Waals surface area contributed by atoms with Crippen LogP contribution >= 0.6 is 15.9 Å². The number of amides is 1. The second-order valence-electron chi connectivity index (χ2n) is 6.14. The second kappa shape index (κ2) is 7.66. The molecule has 1 N–H and O–H groups in total. The molecule has 0 saturated heterocycles. The van der Waals surface area contributed by atoms with Crippen molar-refractivity contribution in [3.8, 4) is 0 Å². The Hall–Kier alpha value is -2.40. The third-order valence-electron chi connectivity index (χ3n) is 4.17. The highest BCUT2D eigenvalue weighted by molar-refractivity contribution is 9.10. The first-order valence-electron chi connectivity index (χ1n) is 8.13. The average molecular weight is 398 g/mol. The summed E-state index contributed by atoms with van der Waals surface area (Å²) in [5.41, 5.74) is 4.57. The normalized spacial score (nSPS) is 10.7. The van der Waals surface area contributed by atoms with Crippen molar-refractivity contribution < 1.29 is 4.79 Å². The Labute approximate surface area is 156 Å². The number of carbonyl (C=O) groups excluding carboxylic acids is 1. The predicted molar refractivity (Wildman–Crippen MR) is 104 cm³/mol. The molecule has 2 aromatic carbocycles. The Morgan fingerprint density at radius 2 is 1.76 bits per heavy atom. The third-order valence-corrected chi connectivity index (χ3v) is 4.69. The fourth-order valence-electron chi connectivity index (χ4n) is 2.61. The molecule has 0 radical (unpaired) electrons. The van der Waals surface area contributed by atoms with Gasteiger partial charge in [0, 0.05) is 10.5 Å². The van der Waals surface area contributed by atoms with Crippen LogP contribution in [0, 0.1) is 13.8 Å². The van der Waals surface area contributed by atoms with Gasteiger partial charge in [-0.2, -0.15) is 5.10 Å². The smallest absolute Gasteiger partial charge is 0.229 e. The molecular formula is C20H20BrN3O. The zero-order valence-electron chi connectivity index (χ0n) is 14.3. The van der Waals surface area contributed by atoms with Crippen molar-refractivity contribution in [3.63, 3.8) is 0 Å². The standard InChI is InChI=1S/C20H20BrN3O/c1-14-3-4-17(11-15(14)2)12-20(25)23-19-9-10-22-24(19)13-16-5-7-18(21)8-6-16/h3-11H,12-13H2,1-2H3,(H,23,25). The van der Waals surface area contributed by atoms with Crippen LogP contribution in [0.1, 0.15) is 22.3 Å². The fourth-order valence-corrected chi connectivity index (χ4v) is 2.88.